The van der Waals surface area contributed by atoms with Gasteiger partial charge < -0.3 is 19.9 Å². The maximum absolute atomic E-state index is 12.6. The third-order valence-corrected chi connectivity index (χ3v) is 6.29. The van der Waals surface area contributed by atoms with Crippen LogP contribution in [0.15, 0.2) is 12.1 Å². The molecule has 6 heteroatoms. The summed E-state index contributed by atoms with van der Waals surface area (Å²) in [7, 11) is 1.61. The van der Waals surface area contributed by atoms with Gasteiger partial charge in [-0.3, -0.25) is 4.79 Å². The summed E-state index contributed by atoms with van der Waals surface area (Å²) >= 11 is 0. The summed E-state index contributed by atoms with van der Waals surface area (Å²) in [5.41, 5.74) is 0.699. The Kier molecular flexibility index (Phi) is 3.06. The lowest BCUT2D eigenvalue weighted by atomic mass is 9.49. The molecule has 0 radical (unpaired) electrons. The Balaban J connectivity index is 0.00000135. The third-order valence-electron chi connectivity index (χ3n) is 6.29. The molecule has 1 aromatic rings. The van der Waals surface area contributed by atoms with E-state index >= 15 is 0 Å². The number of Topliss-reactive ketones (excluding diaryl/α,β-unsaturated/α-hetero) is 1. The van der Waals surface area contributed by atoms with E-state index in [0.29, 0.717) is 24.3 Å². The van der Waals surface area contributed by atoms with Crippen LogP contribution in [0.3, 0.4) is 0 Å². The van der Waals surface area contributed by atoms with Crippen molar-refractivity contribution in [2.24, 2.45) is 0 Å². The van der Waals surface area contributed by atoms with Gasteiger partial charge in [0.25, 0.3) is 0 Å². The van der Waals surface area contributed by atoms with Crippen molar-refractivity contribution in [3.8, 4) is 11.5 Å². The highest BCUT2D eigenvalue weighted by Crippen LogP contribution is 2.63. The largest absolute Gasteiger partial charge is 0.493 e. The van der Waals surface area contributed by atoms with Crippen LogP contribution in [0.1, 0.15) is 30.4 Å². The molecule has 2 heterocycles. The van der Waals surface area contributed by atoms with E-state index in [1.165, 1.54) is 5.56 Å². The monoisotopic (exact) mass is 337 g/mol. The number of halogens is 1. The molecule has 1 saturated carbocycles. The number of ether oxygens (including phenoxy) is 2. The molecule has 1 spiro atoms. The van der Waals surface area contributed by atoms with Gasteiger partial charge >= 0.3 is 0 Å². The van der Waals surface area contributed by atoms with Gasteiger partial charge in [-0.05, 0) is 37.4 Å². The third kappa shape index (κ3) is 1.49. The Bertz CT molecular complexity index is 708. The van der Waals surface area contributed by atoms with Crippen molar-refractivity contribution >= 4 is 18.2 Å². The summed E-state index contributed by atoms with van der Waals surface area (Å²) in [4.78, 5) is 12.6. The topological polar surface area (TPSA) is 67.8 Å². The fraction of sp³-hybridized carbons (Fsp3) is 0.588. The highest BCUT2D eigenvalue weighted by Gasteiger charge is 2.71. The summed E-state index contributed by atoms with van der Waals surface area (Å²) < 4.78 is 11.6. The summed E-state index contributed by atoms with van der Waals surface area (Å²) in [6, 6.07) is 3.96. The molecule has 2 bridgehead atoms. The number of carbonyl (C=O) groups is 1. The number of carbonyl (C=O) groups excluding carboxylic acids is 1. The van der Waals surface area contributed by atoms with E-state index in [-0.39, 0.29) is 24.2 Å². The average Bonchev–Trinajstić information content (AvgIpc) is 2.85. The molecule has 4 aliphatic rings. The Morgan fingerprint density at radius 3 is 3.00 bits per heavy atom. The number of nitrogens with one attached hydrogen (secondary N) is 1. The molecular weight excluding hydrogens is 318 g/mol. The summed E-state index contributed by atoms with van der Waals surface area (Å²) in [5, 5.41) is 15.0. The quantitative estimate of drug-likeness (QED) is 0.804. The Morgan fingerprint density at radius 2 is 2.22 bits per heavy atom. The minimum Gasteiger partial charge on any atom is -0.493 e. The second kappa shape index (κ2) is 4.62. The number of methoxy groups -OCH3 is 1. The van der Waals surface area contributed by atoms with Crippen molar-refractivity contribution in [3.63, 3.8) is 0 Å². The number of hydrogen-bond acceptors (Lipinski definition) is 5. The highest BCUT2D eigenvalue weighted by atomic mass is 35.5. The number of aliphatic hydroxyl groups is 1. The number of hydrogen-bond donors (Lipinski definition) is 2. The maximum atomic E-state index is 12.6. The maximum Gasteiger partial charge on any atom is 0.174 e. The van der Waals surface area contributed by atoms with Crippen LogP contribution >= 0.6 is 12.4 Å². The van der Waals surface area contributed by atoms with Gasteiger partial charge in [0, 0.05) is 18.0 Å². The Morgan fingerprint density at radius 1 is 1.39 bits per heavy atom. The van der Waals surface area contributed by atoms with E-state index in [1.807, 2.05) is 6.07 Å². The first-order valence-electron chi connectivity index (χ1n) is 7.97. The van der Waals surface area contributed by atoms with E-state index < -0.39 is 17.1 Å². The Hall–Kier alpha value is -1.30. The standard InChI is InChI=1S/C17H19NO4.ClH/c1-21-11-3-2-9-8-12-17(20)5-4-10(19)15-16(17,6-7-18-12)13(9)14(11)22-15;/h2-3,12,15,18,20H,4-8H2,1H3;1H/t12-,15?,16+,17-;/m1./s1. The summed E-state index contributed by atoms with van der Waals surface area (Å²) in [6.45, 7) is 0.802. The van der Waals surface area contributed by atoms with Crippen LogP contribution in [0.2, 0.25) is 0 Å². The molecule has 1 aromatic carbocycles. The number of ketones is 1. The molecular formula is C17H20ClNO4. The van der Waals surface area contributed by atoms with Crippen LogP contribution in [-0.4, -0.2) is 42.3 Å². The first kappa shape index (κ1) is 15.2. The lowest BCUT2D eigenvalue weighted by molar-refractivity contribution is -0.166. The normalized spacial score (nSPS) is 39.1. The SMILES string of the molecule is COc1ccc2c3c1OC1C(=O)CC[C@@]4(O)[C@@H](C2)NCC[C@]314.Cl. The van der Waals surface area contributed by atoms with Gasteiger partial charge in [0.1, 0.15) is 0 Å². The summed E-state index contributed by atoms with van der Waals surface area (Å²) in [6.07, 6.45) is 1.83. The molecule has 0 amide bonds. The van der Waals surface area contributed by atoms with Crippen molar-refractivity contribution in [1.29, 1.82) is 0 Å². The van der Waals surface area contributed by atoms with Crippen LogP contribution < -0.4 is 14.8 Å². The zero-order valence-corrected chi connectivity index (χ0v) is 13.7. The van der Waals surface area contributed by atoms with Gasteiger partial charge in [0.05, 0.1) is 18.1 Å². The smallest absolute Gasteiger partial charge is 0.174 e. The fourth-order valence-electron chi connectivity index (χ4n) is 5.37. The van der Waals surface area contributed by atoms with Gasteiger partial charge in [-0.2, -0.15) is 0 Å². The molecule has 124 valence electrons. The number of piperidine rings is 1. The highest BCUT2D eigenvalue weighted by molar-refractivity contribution is 5.90. The van der Waals surface area contributed by atoms with Crippen LogP contribution in [0.25, 0.3) is 0 Å². The van der Waals surface area contributed by atoms with E-state index in [4.69, 9.17) is 9.47 Å². The molecule has 5 nitrogen and oxygen atoms in total. The van der Waals surface area contributed by atoms with Gasteiger partial charge in [0.15, 0.2) is 23.4 Å². The zero-order valence-electron chi connectivity index (χ0n) is 12.9. The molecule has 1 saturated heterocycles. The molecule has 2 fully saturated rings. The van der Waals surface area contributed by atoms with Crippen molar-refractivity contribution in [3.05, 3.63) is 23.3 Å². The molecule has 2 N–H and O–H groups in total. The lowest BCUT2D eigenvalue weighted by Gasteiger charge is -2.59. The fourth-order valence-corrected chi connectivity index (χ4v) is 5.37. The van der Waals surface area contributed by atoms with Crippen LogP contribution in [0, 0.1) is 0 Å². The van der Waals surface area contributed by atoms with Gasteiger partial charge in [0.2, 0.25) is 0 Å². The molecule has 2 aliphatic carbocycles. The molecule has 4 atom stereocenters. The van der Waals surface area contributed by atoms with Crippen LogP contribution in [0.4, 0.5) is 0 Å². The van der Waals surface area contributed by atoms with E-state index in [2.05, 4.69) is 11.4 Å². The van der Waals surface area contributed by atoms with Gasteiger partial charge in [-0.15, -0.1) is 12.4 Å². The van der Waals surface area contributed by atoms with Gasteiger partial charge in [-0.1, -0.05) is 6.07 Å². The predicted octanol–water partition coefficient (Wildman–Crippen LogP) is 1.13. The van der Waals surface area contributed by atoms with Crippen LogP contribution in [0.5, 0.6) is 11.5 Å². The number of benzene rings is 1. The van der Waals surface area contributed by atoms with Crippen molar-refractivity contribution in [2.45, 2.75) is 48.8 Å². The lowest BCUT2D eigenvalue weighted by Crippen LogP contribution is -2.76. The van der Waals surface area contributed by atoms with Crippen LogP contribution in [-0.2, 0) is 16.6 Å². The first-order valence-corrected chi connectivity index (χ1v) is 7.97. The van der Waals surface area contributed by atoms with E-state index in [0.717, 1.165) is 24.9 Å². The minimum atomic E-state index is -0.908. The first-order chi connectivity index (χ1) is 10.6. The second-order valence-corrected chi connectivity index (χ2v) is 6.95. The Labute approximate surface area is 140 Å². The second-order valence-electron chi connectivity index (χ2n) is 6.95. The van der Waals surface area contributed by atoms with E-state index in [9.17, 15) is 9.90 Å². The van der Waals surface area contributed by atoms with E-state index in [1.54, 1.807) is 7.11 Å². The molecule has 0 aromatic heterocycles. The van der Waals surface area contributed by atoms with Crippen molar-refractivity contribution < 1.29 is 19.4 Å². The zero-order chi connectivity index (χ0) is 15.1. The van der Waals surface area contributed by atoms with Crippen molar-refractivity contribution in [1.82, 2.24) is 5.32 Å². The van der Waals surface area contributed by atoms with Gasteiger partial charge in [-0.25, -0.2) is 0 Å². The predicted molar refractivity (Wildman–Crippen MR) is 85.6 cm³/mol. The number of rotatable bonds is 1. The minimum absolute atomic E-state index is 0. The van der Waals surface area contributed by atoms with Crippen molar-refractivity contribution in [2.75, 3.05) is 13.7 Å². The molecule has 5 rings (SSSR count). The average molecular weight is 338 g/mol. The molecule has 1 unspecified atom stereocenters. The molecule has 2 aliphatic heterocycles. The summed E-state index contributed by atoms with van der Waals surface area (Å²) in [5.74, 6) is 1.45. The molecule has 23 heavy (non-hydrogen) atoms.